The van der Waals surface area contributed by atoms with E-state index >= 15 is 0 Å². The third-order valence-corrected chi connectivity index (χ3v) is 4.32. The quantitative estimate of drug-likeness (QED) is 0.740. The highest BCUT2D eigenvalue weighted by Gasteiger charge is 2.28. The van der Waals surface area contributed by atoms with Crippen LogP contribution in [0.2, 0.25) is 0 Å². The molecule has 0 aromatic carbocycles. The van der Waals surface area contributed by atoms with E-state index in [0.717, 1.165) is 52.1 Å². The van der Waals surface area contributed by atoms with Crippen molar-refractivity contribution in [3.05, 3.63) is 12.4 Å². The van der Waals surface area contributed by atoms with Crippen LogP contribution in [0.3, 0.4) is 0 Å². The predicted molar refractivity (Wildman–Crippen MR) is 74.3 cm³/mol. The molecular formula is C13H22N6O. The summed E-state index contributed by atoms with van der Waals surface area (Å²) in [6, 6.07) is 0.587. The van der Waals surface area contributed by atoms with Crippen molar-refractivity contribution >= 4 is 6.03 Å². The van der Waals surface area contributed by atoms with Crippen LogP contribution in [-0.2, 0) is 0 Å². The van der Waals surface area contributed by atoms with E-state index in [-0.39, 0.29) is 6.03 Å². The number of likely N-dealkylation sites (tertiary alicyclic amines) is 1. The molecule has 2 aliphatic rings. The summed E-state index contributed by atoms with van der Waals surface area (Å²) in [5, 5.41) is 7.91. The number of urea groups is 1. The fraction of sp³-hybridized carbons (Fsp3) is 0.769. The largest absolute Gasteiger partial charge is 0.324 e. The van der Waals surface area contributed by atoms with Crippen molar-refractivity contribution in [1.82, 2.24) is 29.7 Å². The molecule has 1 aromatic rings. The lowest BCUT2D eigenvalue weighted by atomic mass is 10.1. The molecule has 0 N–H and O–H groups in total. The number of likely N-dealkylation sites (N-methyl/N-ethyl adjacent to an activating group) is 1. The number of amides is 2. The predicted octanol–water partition coefficient (Wildman–Crippen LogP) is 0.282. The molecule has 3 rings (SSSR count). The molecule has 0 aliphatic carbocycles. The molecule has 0 radical (unpaired) electrons. The number of carbonyl (C=O) groups is 1. The molecule has 0 atom stereocenters. The van der Waals surface area contributed by atoms with E-state index in [1.165, 1.54) is 0 Å². The minimum atomic E-state index is 0.204. The van der Waals surface area contributed by atoms with Crippen molar-refractivity contribution in [2.45, 2.75) is 18.9 Å². The molecular weight excluding hydrogens is 256 g/mol. The van der Waals surface area contributed by atoms with Crippen molar-refractivity contribution in [2.24, 2.45) is 0 Å². The van der Waals surface area contributed by atoms with Crippen LogP contribution in [0, 0.1) is 0 Å². The standard InChI is InChI=1S/C13H22N6O/c1-16-8-10-18(11-9-16)13(20)17-5-2-12(3-6-17)19-7-4-14-15-19/h4,7,12H,2-3,5-6,8-11H2,1H3. The summed E-state index contributed by atoms with van der Waals surface area (Å²) in [6.07, 6.45) is 5.54. The van der Waals surface area contributed by atoms with Crippen LogP contribution in [0.4, 0.5) is 4.79 Å². The summed E-state index contributed by atoms with van der Waals surface area (Å²) in [7, 11) is 2.10. The maximum absolute atomic E-state index is 12.5. The normalized spacial score (nSPS) is 22.2. The van der Waals surface area contributed by atoms with Crippen LogP contribution in [0.15, 0.2) is 12.4 Å². The minimum absolute atomic E-state index is 0.204. The second-order valence-electron chi connectivity index (χ2n) is 5.67. The molecule has 0 saturated carbocycles. The van der Waals surface area contributed by atoms with Gasteiger partial charge in [0.2, 0.25) is 0 Å². The monoisotopic (exact) mass is 278 g/mol. The third kappa shape index (κ3) is 2.77. The van der Waals surface area contributed by atoms with Gasteiger partial charge in [-0.3, -0.25) is 0 Å². The molecule has 3 heterocycles. The van der Waals surface area contributed by atoms with Crippen molar-refractivity contribution in [1.29, 1.82) is 0 Å². The summed E-state index contributed by atoms with van der Waals surface area (Å²) >= 11 is 0. The molecule has 1 aromatic heterocycles. The van der Waals surface area contributed by atoms with Gasteiger partial charge in [-0.2, -0.15) is 0 Å². The van der Waals surface area contributed by atoms with E-state index in [4.69, 9.17) is 0 Å². The summed E-state index contributed by atoms with van der Waals surface area (Å²) in [5.74, 6) is 0. The van der Waals surface area contributed by atoms with E-state index in [0.29, 0.717) is 6.04 Å². The molecule has 2 amide bonds. The Bertz CT molecular complexity index is 432. The second-order valence-corrected chi connectivity index (χ2v) is 5.67. The number of piperazine rings is 1. The molecule has 2 fully saturated rings. The fourth-order valence-electron chi connectivity index (χ4n) is 2.93. The summed E-state index contributed by atoms with van der Waals surface area (Å²) in [6.45, 7) is 5.27. The Morgan fingerprint density at radius 2 is 1.70 bits per heavy atom. The summed E-state index contributed by atoms with van der Waals surface area (Å²) < 4.78 is 1.91. The van der Waals surface area contributed by atoms with Crippen LogP contribution < -0.4 is 0 Å². The van der Waals surface area contributed by atoms with Crippen molar-refractivity contribution in [3.8, 4) is 0 Å². The zero-order chi connectivity index (χ0) is 13.9. The molecule has 7 heteroatoms. The molecule has 2 aliphatic heterocycles. The van der Waals surface area contributed by atoms with Crippen molar-refractivity contribution in [2.75, 3.05) is 46.3 Å². The van der Waals surface area contributed by atoms with Crippen LogP contribution in [0.25, 0.3) is 0 Å². The Hall–Kier alpha value is -1.63. The van der Waals surface area contributed by atoms with Gasteiger partial charge >= 0.3 is 6.03 Å². The number of hydrogen-bond acceptors (Lipinski definition) is 4. The van der Waals surface area contributed by atoms with E-state index in [1.807, 2.05) is 20.7 Å². The van der Waals surface area contributed by atoms with Gasteiger partial charge in [0.15, 0.2) is 0 Å². The average Bonchev–Trinajstić information content (AvgIpc) is 3.02. The Kier molecular flexibility index (Phi) is 3.86. The molecule has 0 spiro atoms. The zero-order valence-corrected chi connectivity index (χ0v) is 12.0. The number of nitrogens with zero attached hydrogens (tertiary/aromatic N) is 6. The van der Waals surface area contributed by atoms with Gasteiger partial charge in [0.25, 0.3) is 0 Å². The van der Waals surface area contributed by atoms with Gasteiger partial charge in [0.05, 0.1) is 12.2 Å². The Morgan fingerprint density at radius 1 is 1.05 bits per heavy atom. The van der Waals surface area contributed by atoms with Crippen LogP contribution in [0.5, 0.6) is 0 Å². The van der Waals surface area contributed by atoms with Gasteiger partial charge in [0.1, 0.15) is 0 Å². The summed E-state index contributed by atoms with van der Waals surface area (Å²) in [4.78, 5) is 18.7. The highest BCUT2D eigenvalue weighted by molar-refractivity contribution is 5.74. The van der Waals surface area contributed by atoms with Crippen molar-refractivity contribution in [3.63, 3.8) is 0 Å². The van der Waals surface area contributed by atoms with Gasteiger partial charge in [-0.15, -0.1) is 5.10 Å². The lowest BCUT2D eigenvalue weighted by molar-refractivity contribution is 0.108. The van der Waals surface area contributed by atoms with Gasteiger partial charge < -0.3 is 14.7 Å². The Morgan fingerprint density at radius 3 is 2.30 bits per heavy atom. The van der Waals surface area contributed by atoms with Gasteiger partial charge in [-0.1, -0.05) is 5.21 Å². The number of rotatable bonds is 1. The van der Waals surface area contributed by atoms with Gasteiger partial charge in [0, 0.05) is 45.5 Å². The maximum atomic E-state index is 12.5. The van der Waals surface area contributed by atoms with Crippen molar-refractivity contribution < 1.29 is 4.79 Å². The van der Waals surface area contributed by atoms with E-state index in [1.54, 1.807) is 6.20 Å². The molecule has 2 saturated heterocycles. The Labute approximate surface area is 119 Å². The fourth-order valence-corrected chi connectivity index (χ4v) is 2.93. The lowest BCUT2D eigenvalue weighted by Gasteiger charge is -2.38. The minimum Gasteiger partial charge on any atom is -0.324 e. The number of aromatic nitrogens is 3. The molecule has 0 unspecified atom stereocenters. The van der Waals surface area contributed by atoms with E-state index < -0.39 is 0 Å². The molecule has 0 bridgehead atoms. The second kappa shape index (κ2) is 5.78. The van der Waals surface area contributed by atoms with E-state index in [9.17, 15) is 4.79 Å². The average molecular weight is 278 g/mol. The smallest absolute Gasteiger partial charge is 0.320 e. The highest BCUT2D eigenvalue weighted by atomic mass is 16.2. The number of carbonyl (C=O) groups excluding carboxylic acids is 1. The van der Waals surface area contributed by atoms with Crippen LogP contribution >= 0.6 is 0 Å². The number of piperidine rings is 1. The van der Waals surface area contributed by atoms with Crippen LogP contribution in [0.1, 0.15) is 18.9 Å². The topological polar surface area (TPSA) is 57.5 Å². The first-order chi connectivity index (χ1) is 9.74. The first-order valence-corrected chi connectivity index (χ1v) is 7.32. The van der Waals surface area contributed by atoms with E-state index in [2.05, 4.69) is 22.3 Å². The van der Waals surface area contributed by atoms with Gasteiger partial charge in [-0.05, 0) is 19.9 Å². The molecule has 20 heavy (non-hydrogen) atoms. The zero-order valence-electron chi connectivity index (χ0n) is 12.0. The SMILES string of the molecule is CN1CCN(C(=O)N2CCC(n3ccnn3)CC2)CC1. The highest BCUT2D eigenvalue weighted by Crippen LogP contribution is 2.22. The molecule has 110 valence electrons. The maximum Gasteiger partial charge on any atom is 0.320 e. The summed E-state index contributed by atoms with van der Waals surface area (Å²) in [5.41, 5.74) is 0. The Balaban J connectivity index is 1.51. The molecule has 7 nitrogen and oxygen atoms in total. The third-order valence-electron chi connectivity index (χ3n) is 4.32. The van der Waals surface area contributed by atoms with Crippen LogP contribution in [-0.4, -0.2) is 82.0 Å². The van der Waals surface area contributed by atoms with Gasteiger partial charge in [-0.25, -0.2) is 9.48 Å². The number of hydrogen-bond donors (Lipinski definition) is 0. The first kappa shape index (κ1) is 13.4. The first-order valence-electron chi connectivity index (χ1n) is 7.32. The lowest BCUT2D eigenvalue weighted by Crippen LogP contribution is -2.53.